The van der Waals surface area contributed by atoms with Crippen LogP contribution in [0.2, 0.25) is 0 Å². The Kier molecular flexibility index (Phi) is 9.35. The normalized spacial score (nSPS) is 20.4. The van der Waals surface area contributed by atoms with Crippen molar-refractivity contribution in [2.24, 2.45) is 4.99 Å². The van der Waals surface area contributed by atoms with Gasteiger partial charge in [0.1, 0.15) is 0 Å². The Morgan fingerprint density at radius 1 is 1.46 bits per heavy atom. The lowest BCUT2D eigenvalue weighted by Gasteiger charge is -2.24. The third kappa shape index (κ3) is 6.43. The molecule has 0 radical (unpaired) electrons. The van der Waals surface area contributed by atoms with Crippen molar-refractivity contribution in [1.29, 1.82) is 0 Å². The van der Waals surface area contributed by atoms with Crippen LogP contribution in [0.1, 0.15) is 38.7 Å². The first-order valence-electron chi connectivity index (χ1n) is 8.32. The minimum atomic E-state index is -0.0959. The van der Waals surface area contributed by atoms with Crippen LogP contribution in [-0.2, 0) is 11.3 Å². The standard InChI is InChI=1S/C17H28N4O2.HI/c1-4-10-22-15-14(7-5-9-19-15)12-20-16(18-3)21-13-17(2)8-6-11-23-17;/h5,7,9H,4,6,8,10-13H2,1-3H3,(H2,18,20,21);1H. The number of guanidine groups is 1. The van der Waals surface area contributed by atoms with Gasteiger partial charge in [-0.2, -0.15) is 0 Å². The lowest BCUT2D eigenvalue weighted by atomic mass is 10.0. The number of hydrogen-bond donors (Lipinski definition) is 2. The third-order valence-corrected chi connectivity index (χ3v) is 3.89. The van der Waals surface area contributed by atoms with E-state index in [0.29, 0.717) is 19.0 Å². The summed E-state index contributed by atoms with van der Waals surface area (Å²) in [6, 6.07) is 3.93. The fourth-order valence-electron chi connectivity index (χ4n) is 2.53. The van der Waals surface area contributed by atoms with Gasteiger partial charge in [-0.25, -0.2) is 4.98 Å². The van der Waals surface area contributed by atoms with Gasteiger partial charge >= 0.3 is 0 Å². The summed E-state index contributed by atoms with van der Waals surface area (Å²) in [5.41, 5.74) is 0.925. The molecule has 0 spiro atoms. The third-order valence-electron chi connectivity index (χ3n) is 3.89. The maximum Gasteiger partial charge on any atom is 0.218 e. The zero-order valence-corrected chi connectivity index (χ0v) is 17.1. The minimum absolute atomic E-state index is 0. The van der Waals surface area contributed by atoms with E-state index >= 15 is 0 Å². The van der Waals surface area contributed by atoms with Crippen LogP contribution in [0.25, 0.3) is 0 Å². The molecule has 2 heterocycles. The number of hydrogen-bond acceptors (Lipinski definition) is 4. The van der Waals surface area contributed by atoms with Crippen molar-refractivity contribution in [3.05, 3.63) is 23.9 Å². The van der Waals surface area contributed by atoms with Crippen molar-refractivity contribution in [3.8, 4) is 5.88 Å². The van der Waals surface area contributed by atoms with Crippen molar-refractivity contribution in [2.75, 3.05) is 26.8 Å². The second-order valence-electron chi connectivity index (χ2n) is 6.00. The first-order chi connectivity index (χ1) is 11.2. The van der Waals surface area contributed by atoms with Crippen molar-refractivity contribution < 1.29 is 9.47 Å². The predicted octanol–water partition coefficient (Wildman–Crippen LogP) is 2.72. The molecule has 136 valence electrons. The quantitative estimate of drug-likeness (QED) is 0.382. The average Bonchev–Trinajstić information content (AvgIpc) is 3.01. The average molecular weight is 448 g/mol. The first-order valence-corrected chi connectivity index (χ1v) is 8.32. The van der Waals surface area contributed by atoms with Crippen LogP contribution < -0.4 is 15.4 Å². The SMILES string of the molecule is CCCOc1ncccc1CNC(=NC)NCC1(C)CCCO1.I. The van der Waals surface area contributed by atoms with Crippen LogP contribution in [0, 0.1) is 0 Å². The summed E-state index contributed by atoms with van der Waals surface area (Å²) in [4.78, 5) is 8.56. The summed E-state index contributed by atoms with van der Waals surface area (Å²) in [7, 11) is 1.77. The van der Waals surface area contributed by atoms with E-state index in [4.69, 9.17) is 9.47 Å². The molecule has 0 bridgehead atoms. The second kappa shape index (κ2) is 10.7. The van der Waals surface area contributed by atoms with Gasteiger partial charge in [0.15, 0.2) is 5.96 Å². The number of halogens is 1. The summed E-state index contributed by atoms with van der Waals surface area (Å²) in [5, 5.41) is 6.64. The number of aromatic nitrogens is 1. The number of pyridine rings is 1. The molecule has 2 N–H and O–H groups in total. The number of ether oxygens (including phenoxy) is 2. The molecule has 1 saturated heterocycles. The number of nitrogens with one attached hydrogen (secondary N) is 2. The Hall–Kier alpha value is -1.09. The molecule has 0 aliphatic carbocycles. The van der Waals surface area contributed by atoms with E-state index in [1.807, 2.05) is 12.1 Å². The fraction of sp³-hybridized carbons (Fsp3) is 0.647. The highest BCUT2D eigenvalue weighted by atomic mass is 127. The molecule has 2 rings (SSSR count). The number of nitrogens with zero attached hydrogens (tertiary/aromatic N) is 2. The van der Waals surface area contributed by atoms with Gasteiger partial charge in [-0.1, -0.05) is 13.0 Å². The van der Waals surface area contributed by atoms with E-state index in [-0.39, 0.29) is 29.6 Å². The molecular formula is C17H29IN4O2. The number of rotatable bonds is 7. The molecule has 1 aromatic heterocycles. The van der Waals surface area contributed by atoms with Crippen molar-refractivity contribution in [1.82, 2.24) is 15.6 Å². The summed E-state index contributed by atoms with van der Waals surface area (Å²) in [5.74, 6) is 1.44. The summed E-state index contributed by atoms with van der Waals surface area (Å²) < 4.78 is 11.5. The van der Waals surface area contributed by atoms with Crippen LogP contribution in [0.3, 0.4) is 0 Å². The van der Waals surface area contributed by atoms with Crippen molar-refractivity contribution in [2.45, 2.75) is 45.3 Å². The molecular weight excluding hydrogens is 419 g/mol. The molecule has 7 heteroatoms. The zero-order chi connectivity index (χ0) is 16.5. The molecule has 6 nitrogen and oxygen atoms in total. The molecule has 1 atom stereocenters. The van der Waals surface area contributed by atoms with E-state index < -0.39 is 0 Å². The van der Waals surface area contributed by atoms with Crippen LogP contribution in [-0.4, -0.2) is 43.4 Å². The Morgan fingerprint density at radius 3 is 2.96 bits per heavy atom. The first kappa shape index (κ1) is 21.0. The maximum absolute atomic E-state index is 5.79. The van der Waals surface area contributed by atoms with E-state index in [1.165, 1.54) is 0 Å². The van der Waals surface area contributed by atoms with Gasteiger partial charge in [-0.05, 0) is 32.3 Å². The van der Waals surface area contributed by atoms with Gasteiger partial charge in [0.2, 0.25) is 5.88 Å². The Bertz CT molecular complexity index is 519. The fourth-order valence-corrected chi connectivity index (χ4v) is 2.53. The highest BCUT2D eigenvalue weighted by Gasteiger charge is 2.29. The molecule has 1 aromatic rings. The van der Waals surface area contributed by atoms with Crippen LogP contribution >= 0.6 is 24.0 Å². The molecule has 0 saturated carbocycles. The molecule has 1 aliphatic rings. The molecule has 1 fully saturated rings. The van der Waals surface area contributed by atoms with Crippen LogP contribution in [0.4, 0.5) is 0 Å². The monoisotopic (exact) mass is 448 g/mol. The largest absolute Gasteiger partial charge is 0.477 e. The van der Waals surface area contributed by atoms with Gasteiger partial charge in [0.05, 0.1) is 12.2 Å². The smallest absolute Gasteiger partial charge is 0.218 e. The van der Waals surface area contributed by atoms with E-state index in [0.717, 1.165) is 43.9 Å². The Morgan fingerprint density at radius 2 is 2.29 bits per heavy atom. The highest BCUT2D eigenvalue weighted by molar-refractivity contribution is 14.0. The Labute approximate surface area is 161 Å². The van der Waals surface area contributed by atoms with Crippen molar-refractivity contribution in [3.63, 3.8) is 0 Å². The number of aliphatic imine (C=N–C) groups is 1. The van der Waals surface area contributed by atoms with Gasteiger partial charge < -0.3 is 20.1 Å². The Balaban J connectivity index is 0.00000288. The predicted molar refractivity (Wildman–Crippen MR) is 107 cm³/mol. The van der Waals surface area contributed by atoms with E-state index in [1.54, 1.807) is 13.2 Å². The summed E-state index contributed by atoms with van der Waals surface area (Å²) in [6.07, 6.45) is 4.91. The van der Waals surface area contributed by atoms with Crippen molar-refractivity contribution >= 4 is 29.9 Å². The van der Waals surface area contributed by atoms with E-state index in [2.05, 4.69) is 34.5 Å². The van der Waals surface area contributed by atoms with Gasteiger partial charge in [0.25, 0.3) is 0 Å². The highest BCUT2D eigenvalue weighted by Crippen LogP contribution is 2.23. The van der Waals surface area contributed by atoms with E-state index in [9.17, 15) is 0 Å². The lowest BCUT2D eigenvalue weighted by molar-refractivity contribution is 0.0243. The summed E-state index contributed by atoms with van der Waals surface area (Å²) >= 11 is 0. The zero-order valence-electron chi connectivity index (χ0n) is 14.8. The van der Waals surface area contributed by atoms with Crippen LogP contribution in [0.5, 0.6) is 5.88 Å². The van der Waals surface area contributed by atoms with Gasteiger partial charge in [0, 0.05) is 38.5 Å². The topological polar surface area (TPSA) is 67.8 Å². The molecule has 1 unspecified atom stereocenters. The molecule has 24 heavy (non-hydrogen) atoms. The van der Waals surface area contributed by atoms with Gasteiger partial charge in [-0.15, -0.1) is 24.0 Å². The summed E-state index contributed by atoms with van der Waals surface area (Å²) in [6.45, 7) is 7.10. The maximum atomic E-state index is 5.79. The minimum Gasteiger partial charge on any atom is -0.477 e. The lowest BCUT2D eigenvalue weighted by Crippen LogP contribution is -2.45. The second-order valence-corrected chi connectivity index (χ2v) is 6.00. The molecule has 1 aliphatic heterocycles. The molecule has 0 aromatic carbocycles. The van der Waals surface area contributed by atoms with Crippen LogP contribution in [0.15, 0.2) is 23.3 Å². The molecule has 0 amide bonds. The van der Waals surface area contributed by atoms with Gasteiger partial charge in [-0.3, -0.25) is 4.99 Å².